The van der Waals surface area contributed by atoms with E-state index in [-0.39, 0.29) is 12.0 Å². The number of nitrogens with one attached hydrogen (secondary N) is 1. The molecule has 1 aromatic rings. The summed E-state index contributed by atoms with van der Waals surface area (Å²) in [6.07, 6.45) is 0.0190. The number of amides is 1. The number of rotatable bonds is 4. The lowest BCUT2D eigenvalue weighted by Gasteiger charge is -2.11. The molecule has 1 aromatic carbocycles. The summed E-state index contributed by atoms with van der Waals surface area (Å²) in [5, 5.41) is 2.82. The van der Waals surface area contributed by atoms with Crippen LogP contribution in [0.25, 0.3) is 0 Å². The molecule has 0 saturated carbocycles. The monoisotopic (exact) mass is 397 g/mol. The Hall–Kier alpha value is -0.140. The first-order chi connectivity index (χ1) is 7.54. The molecule has 1 unspecified atom stereocenters. The van der Waals surface area contributed by atoms with Crippen molar-refractivity contribution in [2.45, 2.75) is 13.0 Å². The van der Waals surface area contributed by atoms with Crippen molar-refractivity contribution in [1.29, 1.82) is 0 Å². The summed E-state index contributed by atoms with van der Waals surface area (Å²) in [5.74, 6) is -0.0886. The lowest BCUT2D eigenvalue weighted by Crippen LogP contribution is -2.31. The Morgan fingerprint density at radius 2 is 2.31 bits per heavy atom. The molecule has 0 spiro atoms. The minimum absolute atomic E-state index is 0.0190. The van der Waals surface area contributed by atoms with Gasteiger partial charge in [-0.15, -0.1) is 0 Å². The molecule has 88 valence electrons. The summed E-state index contributed by atoms with van der Waals surface area (Å²) in [6, 6.07) is 5.66. The fourth-order valence-electron chi connectivity index (χ4n) is 1.09. The van der Waals surface area contributed by atoms with E-state index in [1.54, 1.807) is 7.11 Å². The number of carbonyl (C=O) groups excluding carboxylic acids is 1. The third kappa shape index (κ3) is 4.03. The van der Waals surface area contributed by atoms with Crippen molar-refractivity contribution in [2.75, 3.05) is 13.7 Å². The van der Waals surface area contributed by atoms with Gasteiger partial charge in [-0.1, -0.05) is 0 Å². The first-order valence-corrected chi connectivity index (χ1v) is 6.67. The Balaban J connectivity index is 2.69. The molecule has 0 heterocycles. The second kappa shape index (κ2) is 6.56. The number of ether oxygens (including phenoxy) is 1. The molecular formula is C11H13BrINO2. The van der Waals surface area contributed by atoms with Crippen LogP contribution in [-0.2, 0) is 4.74 Å². The zero-order valence-electron chi connectivity index (χ0n) is 9.09. The molecule has 3 nitrogen and oxygen atoms in total. The van der Waals surface area contributed by atoms with Crippen LogP contribution in [-0.4, -0.2) is 25.7 Å². The number of methoxy groups -OCH3 is 1. The van der Waals surface area contributed by atoms with Crippen LogP contribution in [0.5, 0.6) is 0 Å². The van der Waals surface area contributed by atoms with E-state index < -0.39 is 0 Å². The highest BCUT2D eigenvalue weighted by atomic mass is 127. The van der Waals surface area contributed by atoms with Crippen LogP contribution in [0.4, 0.5) is 0 Å². The van der Waals surface area contributed by atoms with Gasteiger partial charge in [0.15, 0.2) is 0 Å². The molecule has 0 aliphatic carbocycles. The Labute approximate surface area is 117 Å². The molecule has 5 heteroatoms. The summed E-state index contributed by atoms with van der Waals surface area (Å²) in [5.41, 5.74) is 0.648. The van der Waals surface area contributed by atoms with Crippen molar-refractivity contribution < 1.29 is 9.53 Å². The van der Waals surface area contributed by atoms with Crippen LogP contribution in [0.2, 0.25) is 0 Å². The zero-order chi connectivity index (χ0) is 12.1. The van der Waals surface area contributed by atoms with E-state index in [4.69, 9.17) is 4.74 Å². The van der Waals surface area contributed by atoms with E-state index in [0.717, 1.165) is 8.04 Å². The Morgan fingerprint density at radius 3 is 2.94 bits per heavy atom. The minimum Gasteiger partial charge on any atom is -0.380 e. The zero-order valence-corrected chi connectivity index (χ0v) is 12.8. The van der Waals surface area contributed by atoms with Gasteiger partial charge in [0.2, 0.25) is 0 Å². The first-order valence-electron chi connectivity index (χ1n) is 4.80. The Morgan fingerprint density at radius 1 is 1.62 bits per heavy atom. The van der Waals surface area contributed by atoms with E-state index in [9.17, 15) is 4.79 Å². The van der Waals surface area contributed by atoms with Crippen LogP contribution in [0.1, 0.15) is 17.3 Å². The van der Waals surface area contributed by atoms with Crippen LogP contribution < -0.4 is 5.32 Å². The molecule has 0 bridgehead atoms. The van der Waals surface area contributed by atoms with Crippen LogP contribution in [0, 0.1) is 3.57 Å². The summed E-state index contributed by atoms with van der Waals surface area (Å²) < 4.78 is 6.90. The van der Waals surface area contributed by atoms with Gasteiger partial charge in [0, 0.05) is 21.7 Å². The van der Waals surface area contributed by atoms with Crippen LogP contribution in [0.15, 0.2) is 22.7 Å². The number of hydrogen-bond donors (Lipinski definition) is 1. The van der Waals surface area contributed by atoms with Gasteiger partial charge in [0.1, 0.15) is 0 Å². The van der Waals surface area contributed by atoms with Gasteiger partial charge in [0.05, 0.1) is 11.7 Å². The van der Waals surface area contributed by atoms with Gasteiger partial charge >= 0.3 is 0 Å². The maximum absolute atomic E-state index is 11.8. The summed E-state index contributed by atoms with van der Waals surface area (Å²) in [7, 11) is 1.62. The Kier molecular flexibility index (Phi) is 5.71. The minimum atomic E-state index is -0.0886. The maximum Gasteiger partial charge on any atom is 0.252 e. The molecule has 0 radical (unpaired) electrons. The van der Waals surface area contributed by atoms with Gasteiger partial charge < -0.3 is 10.1 Å². The standard InChI is InChI=1S/C11H13BrINO2/c1-7(16-2)6-14-11(15)9-5-8(13)3-4-10(9)12/h3-5,7H,6H2,1-2H3,(H,14,15). The molecule has 0 fully saturated rings. The van der Waals surface area contributed by atoms with Crippen molar-refractivity contribution in [3.05, 3.63) is 31.8 Å². The lowest BCUT2D eigenvalue weighted by atomic mass is 10.2. The summed E-state index contributed by atoms with van der Waals surface area (Å²) >= 11 is 5.54. The van der Waals surface area contributed by atoms with Crippen molar-refractivity contribution in [1.82, 2.24) is 5.32 Å². The number of benzene rings is 1. The van der Waals surface area contributed by atoms with E-state index in [1.807, 2.05) is 25.1 Å². The number of halogens is 2. The largest absolute Gasteiger partial charge is 0.380 e. The molecule has 0 saturated heterocycles. The van der Waals surface area contributed by atoms with Gasteiger partial charge in [-0.25, -0.2) is 0 Å². The molecule has 0 aliphatic heterocycles. The van der Waals surface area contributed by atoms with Crippen molar-refractivity contribution in [3.63, 3.8) is 0 Å². The predicted octanol–water partition coefficient (Wildman–Crippen LogP) is 2.82. The molecule has 0 aromatic heterocycles. The number of hydrogen-bond acceptors (Lipinski definition) is 2. The van der Waals surface area contributed by atoms with E-state index in [2.05, 4.69) is 43.8 Å². The smallest absolute Gasteiger partial charge is 0.252 e. The molecular weight excluding hydrogens is 385 g/mol. The normalized spacial score (nSPS) is 12.2. The quantitative estimate of drug-likeness (QED) is 0.793. The topological polar surface area (TPSA) is 38.3 Å². The molecule has 1 atom stereocenters. The van der Waals surface area contributed by atoms with Crippen LogP contribution >= 0.6 is 38.5 Å². The molecule has 1 N–H and O–H groups in total. The third-order valence-corrected chi connectivity index (χ3v) is 3.49. The van der Waals surface area contributed by atoms with Crippen molar-refractivity contribution in [2.24, 2.45) is 0 Å². The highest BCUT2D eigenvalue weighted by Crippen LogP contribution is 2.19. The second-order valence-electron chi connectivity index (χ2n) is 3.38. The average molecular weight is 398 g/mol. The summed E-state index contributed by atoms with van der Waals surface area (Å²) in [6.45, 7) is 2.41. The van der Waals surface area contributed by atoms with Gasteiger partial charge in [-0.3, -0.25) is 4.79 Å². The fraction of sp³-hybridized carbons (Fsp3) is 0.364. The molecule has 16 heavy (non-hydrogen) atoms. The molecule has 1 amide bonds. The summed E-state index contributed by atoms with van der Waals surface area (Å²) in [4.78, 5) is 11.8. The fourth-order valence-corrected chi connectivity index (χ4v) is 2.00. The molecule has 1 rings (SSSR count). The van der Waals surface area contributed by atoms with E-state index >= 15 is 0 Å². The van der Waals surface area contributed by atoms with E-state index in [1.165, 1.54) is 0 Å². The second-order valence-corrected chi connectivity index (χ2v) is 5.48. The predicted molar refractivity (Wildman–Crippen MR) is 75.7 cm³/mol. The van der Waals surface area contributed by atoms with E-state index in [0.29, 0.717) is 12.1 Å². The number of carbonyl (C=O) groups is 1. The van der Waals surface area contributed by atoms with Crippen molar-refractivity contribution >= 4 is 44.4 Å². The first kappa shape index (κ1) is 13.9. The third-order valence-electron chi connectivity index (χ3n) is 2.13. The highest BCUT2D eigenvalue weighted by molar-refractivity contribution is 14.1. The molecule has 0 aliphatic rings. The Bertz CT molecular complexity index is 384. The highest BCUT2D eigenvalue weighted by Gasteiger charge is 2.11. The van der Waals surface area contributed by atoms with Gasteiger partial charge in [-0.05, 0) is 63.6 Å². The average Bonchev–Trinajstić information content (AvgIpc) is 2.28. The SMILES string of the molecule is COC(C)CNC(=O)c1cc(I)ccc1Br. The van der Waals surface area contributed by atoms with Gasteiger partial charge in [0.25, 0.3) is 5.91 Å². The van der Waals surface area contributed by atoms with Crippen LogP contribution in [0.3, 0.4) is 0 Å². The van der Waals surface area contributed by atoms with Crippen molar-refractivity contribution in [3.8, 4) is 0 Å². The van der Waals surface area contributed by atoms with Gasteiger partial charge in [-0.2, -0.15) is 0 Å². The maximum atomic E-state index is 11.8. The lowest BCUT2D eigenvalue weighted by molar-refractivity contribution is 0.0869.